The van der Waals surface area contributed by atoms with Crippen molar-refractivity contribution in [1.29, 1.82) is 0 Å². The van der Waals surface area contributed by atoms with E-state index in [1.54, 1.807) is 0 Å². The highest BCUT2D eigenvalue weighted by Crippen LogP contribution is 2.40. The van der Waals surface area contributed by atoms with Gasteiger partial charge in [0.05, 0.1) is 41.7 Å². The summed E-state index contributed by atoms with van der Waals surface area (Å²) < 4.78 is 122. The van der Waals surface area contributed by atoms with Crippen molar-refractivity contribution >= 4 is 31.5 Å². The Balaban J connectivity index is 1.66. The number of sulfone groups is 1. The van der Waals surface area contributed by atoms with Gasteiger partial charge in [-0.2, -0.15) is 13.2 Å². The number of ether oxygens (including phenoxy) is 3. The molecule has 2 aromatic rings. The second kappa shape index (κ2) is 11.0. The average molecular weight is 624 g/mol. The molecule has 9 nitrogen and oxygen atoms in total. The Morgan fingerprint density at radius 3 is 2.37 bits per heavy atom. The molecule has 2 aliphatic rings. The van der Waals surface area contributed by atoms with Crippen molar-refractivity contribution in [2.75, 3.05) is 23.7 Å². The van der Waals surface area contributed by atoms with Crippen LogP contribution in [0.15, 0.2) is 41.3 Å². The molecule has 1 atom stereocenters. The van der Waals surface area contributed by atoms with Crippen molar-refractivity contribution in [3.8, 4) is 11.5 Å². The molecule has 1 aliphatic carbocycles. The summed E-state index contributed by atoms with van der Waals surface area (Å²) in [6.07, 6.45) is -5.12. The van der Waals surface area contributed by atoms with E-state index in [1.807, 2.05) is 0 Å². The molecule has 0 unspecified atom stereocenters. The average Bonchev–Trinajstić information content (AvgIpc) is 3.73. The number of anilines is 1. The van der Waals surface area contributed by atoms with Gasteiger partial charge in [0.15, 0.2) is 21.4 Å². The van der Waals surface area contributed by atoms with E-state index in [1.165, 1.54) is 25.3 Å². The van der Waals surface area contributed by atoms with Gasteiger partial charge in [0.1, 0.15) is 11.9 Å². The Labute approximate surface area is 235 Å². The second-order valence-corrected chi connectivity index (χ2v) is 14.7. The van der Waals surface area contributed by atoms with E-state index >= 15 is 0 Å². The molecule has 15 heteroatoms. The van der Waals surface area contributed by atoms with Crippen LogP contribution in [0.1, 0.15) is 38.7 Å². The minimum Gasteiger partial charge on any atom is -0.494 e. The lowest BCUT2D eigenvalue weighted by Crippen LogP contribution is -2.44. The van der Waals surface area contributed by atoms with Crippen molar-refractivity contribution in [2.45, 2.75) is 67.6 Å². The van der Waals surface area contributed by atoms with Crippen LogP contribution in [0.2, 0.25) is 0 Å². The molecule has 1 heterocycles. The number of fused-ring (bicyclic) bond motifs is 1. The van der Waals surface area contributed by atoms with Crippen LogP contribution < -0.4 is 13.8 Å². The number of halogens is 4. The molecule has 1 saturated carbocycles. The third-order valence-corrected chi connectivity index (χ3v) is 10.9. The van der Waals surface area contributed by atoms with E-state index in [0.29, 0.717) is 26.7 Å². The number of hydrogen-bond acceptors (Lipinski definition) is 8. The minimum absolute atomic E-state index is 0.00235. The largest absolute Gasteiger partial charge is 0.494 e. The Morgan fingerprint density at radius 1 is 1.07 bits per heavy atom. The highest BCUT2D eigenvalue weighted by atomic mass is 32.2. The summed E-state index contributed by atoms with van der Waals surface area (Å²) in [6, 6.07) is 6.94. The number of carbonyl (C=O) groups excluding carboxylic acids is 1. The van der Waals surface area contributed by atoms with Gasteiger partial charge in [-0.1, -0.05) is 6.07 Å². The number of nitrogens with zero attached hydrogens (tertiary/aromatic N) is 1. The van der Waals surface area contributed by atoms with Crippen molar-refractivity contribution in [2.24, 2.45) is 0 Å². The number of benzene rings is 2. The molecule has 1 fully saturated rings. The van der Waals surface area contributed by atoms with Crippen LogP contribution in [0.25, 0.3) is 0 Å². The number of sulfonamides is 1. The number of rotatable bonds is 10. The highest BCUT2D eigenvalue weighted by Gasteiger charge is 2.50. The number of esters is 1. The summed E-state index contributed by atoms with van der Waals surface area (Å²) in [5, 5.41) is -0.408. The summed E-state index contributed by atoms with van der Waals surface area (Å²) in [5.74, 6) is -2.47. The number of carbonyl (C=O) groups is 1. The summed E-state index contributed by atoms with van der Waals surface area (Å²) in [5.41, 5.74) is -2.64. The fourth-order valence-electron chi connectivity index (χ4n) is 4.21. The van der Waals surface area contributed by atoms with Crippen molar-refractivity contribution in [3.63, 3.8) is 0 Å². The summed E-state index contributed by atoms with van der Waals surface area (Å²) in [4.78, 5) is 12.0. The normalized spacial score (nSPS) is 17.9. The third kappa shape index (κ3) is 6.71. The lowest BCUT2D eigenvalue weighted by Gasteiger charge is -2.36. The van der Waals surface area contributed by atoms with E-state index < -0.39 is 61.2 Å². The molecule has 0 aromatic heterocycles. The van der Waals surface area contributed by atoms with Gasteiger partial charge in [-0.15, -0.1) is 0 Å². The Bertz CT molecular complexity index is 1540. The number of methoxy groups -OCH3 is 1. The lowest BCUT2D eigenvalue weighted by molar-refractivity contribution is -0.257. The van der Waals surface area contributed by atoms with Crippen LogP contribution >= 0.6 is 0 Å². The SMILES string of the molecule is COc1cc(S(=O)(=O)N2C[C@H](CCS(=O)(=O)C3CC3)Oc3ccc(CC(=O)OC(C)(C)C(F)(F)F)cc32)ccc1F. The van der Waals surface area contributed by atoms with E-state index in [9.17, 15) is 39.2 Å². The van der Waals surface area contributed by atoms with Gasteiger partial charge in [-0.05, 0) is 62.9 Å². The van der Waals surface area contributed by atoms with Crippen LogP contribution in [0.3, 0.4) is 0 Å². The molecule has 0 radical (unpaired) electrons. The van der Waals surface area contributed by atoms with E-state index in [4.69, 9.17) is 9.47 Å². The van der Waals surface area contributed by atoms with Gasteiger partial charge in [-0.25, -0.2) is 21.2 Å². The predicted octanol–water partition coefficient (Wildman–Crippen LogP) is 4.18. The summed E-state index contributed by atoms with van der Waals surface area (Å²) in [6.45, 7) is 1.10. The van der Waals surface area contributed by atoms with E-state index in [2.05, 4.69) is 4.74 Å². The smallest absolute Gasteiger partial charge is 0.427 e. The van der Waals surface area contributed by atoms with E-state index in [0.717, 1.165) is 22.5 Å². The van der Waals surface area contributed by atoms with E-state index in [-0.39, 0.29) is 46.4 Å². The molecular formula is C26H29F4NO8S2. The Morgan fingerprint density at radius 2 is 1.76 bits per heavy atom. The van der Waals surface area contributed by atoms with Gasteiger partial charge in [0, 0.05) is 6.07 Å². The maximum Gasteiger partial charge on any atom is 0.427 e. The van der Waals surface area contributed by atoms with Gasteiger partial charge in [0.25, 0.3) is 10.0 Å². The quantitative estimate of drug-likeness (QED) is 0.286. The molecule has 0 bridgehead atoms. The van der Waals surface area contributed by atoms with Crippen molar-refractivity contribution in [3.05, 3.63) is 47.8 Å². The molecular weight excluding hydrogens is 594 g/mol. The molecule has 4 rings (SSSR count). The van der Waals surface area contributed by atoms with Crippen molar-refractivity contribution in [1.82, 2.24) is 0 Å². The minimum atomic E-state index is -4.81. The molecule has 2 aromatic carbocycles. The molecule has 41 heavy (non-hydrogen) atoms. The van der Waals surface area contributed by atoms with Crippen LogP contribution in [-0.4, -0.2) is 65.3 Å². The first-order chi connectivity index (χ1) is 18.9. The Hall–Kier alpha value is -3.07. The number of alkyl halides is 3. The zero-order valence-electron chi connectivity index (χ0n) is 22.4. The first-order valence-corrected chi connectivity index (χ1v) is 15.8. The summed E-state index contributed by atoms with van der Waals surface area (Å²) in [7, 11) is -6.62. The van der Waals surface area contributed by atoms with Gasteiger partial charge in [-0.3, -0.25) is 9.10 Å². The predicted molar refractivity (Wildman–Crippen MR) is 140 cm³/mol. The first kappa shape index (κ1) is 30.9. The molecule has 1 aliphatic heterocycles. The zero-order valence-corrected chi connectivity index (χ0v) is 24.0. The highest BCUT2D eigenvalue weighted by molar-refractivity contribution is 7.93. The van der Waals surface area contributed by atoms with Crippen LogP contribution in [0, 0.1) is 5.82 Å². The van der Waals surface area contributed by atoms with Gasteiger partial charge < -0.3 is 14.2 Å². The molecule has 0 saturated heterocycles. The summed E-state index contributed by atoms with van der Waals surface area (Å²) >= 11 is 0. The van der Waals surface area contributed by atoms with Gasteiger partial charge >= 0.3 is 12.1 Å². The first-order valence-electron chi connectivity index (χ1n) is 12.6. The lowest BCUT2D eigenvalue weighted by atomic mass is 10.1. The molecule has 0 N–H and O–H groups in total. The molecule has 0 spiro atoms. The standard InChI is InChI=1S/C26H29F4NO8S2/c1-25(2,26(28,29)30)39-24(32)13-16-4-9-22-21(12-16)31(15-17(38-22)10-11-40(33,34)18-5-6-18)41(35,36)19-7-8-20(27)23(14-19)37-3/h4,7-9,12,14,17-18H,5-6,10-11,13,15H2,1-3H3/t17-/m0/s1. The third-order valence-electron chi connectivity index (χ3n) is 6.82. The topological polar surface area (TPSA) is 116 Å². The second-order valence-electron chi connectivity index (χ2n) is 10.4. The number of hydrogen-bond donors (Lipinski definition) is 0. The van der Waals surface area contributed by atoms with Gasteiger partial charge in [0.2, 0.25) is 5.60 Å². The van der Waals surface area contributed by atoms with Crippen LogP contribution in [0.4, 0.5) is 23.2 Å². The Kier molecular flexibility index (Phi) is 8.26. The maximum absolute atomic E-state index is 14.0. The fraction of sp³-hybridized carbons (Fsp3) is 0.500. The zero-order chi connectivity index (χ0) is 30.4. The van der Waals surface area contributed by atoms with Crippen molar-refractivity contribution < 1.29 is 53.4 Å². The maximum atomic E-state index is 14.0. The fourth-order valence-corrected chi connectivity index (χ4v) is 7.50. The van der Waals surface area contributed by atoms with Crippen LogP contribution in [-0.2, 0) is 35.8 Å². The molecule has 226 valence electrons. The molecule has 0 amide bonds. The van der Waals surface area contributed by atoms with Crippen LogP contribution in [0.5, 0.6) is 11.5 Å². The monoisotopic (exact) mass is 623 g/mol.